The van der Waals surface area contributed by atoms with Crippen LogP contribution in [0.25, 0.3) is 0 Å². The number of urea groups is 1. The second-order valence-corrected chi connectivity index (χ2v) is 3.70. The van der Waals surface area contributed by atoms with E-state index in [9.17, 15) is 4.79 Å². The van der Waals surface area contributed by atoms with Gasteiger partial charge in [0.1, 0.15) is 0 Å². The molecule has 0 aliphatic carbocycles. The predicted molar refractivity (Wildman–Crippen MR) is 43.0 cm³/mol. The van der Waals surface area contributed by atoms with Gasteiger partial charge >= 0.3 is 6.03 Å². The van der Waals surface area contributed by atoms with E-state index < -0.39 is 6.03 Å². The highest BCUT2D eigenvalue weighted by Gasteiger charge is 2.24. The van der Waals surface area contributed by atoms with Crippen LogP contribution in [-0.4, -0.2) is 23.6 Å². The molecule has 0 saturated carbocycles. The lowest BCUT2D eigenvalue weighted by Crippen LogP contribution is -2.41. The Morgan fingerprint density at radius 3 is 2.80 bits per heavy atom. The van der Waals surface area contributed by atoms with Crippen molar-refractivity contribution < 1.29 is 4.79 Å². The SMILES string of the molecule is CC1CSCC1NC(N)=O. The zero-order chi connectivity index (χ0) is 7.56. The summed E-state index contributed by atoms with van der Waals surface area (Å²) in [5.74, 6) is 2.70. The smallest absolute Gasteiger partial charge is 0.312 e. The average Bonchev–Trinajstić information content (AvgIpc) is 2.15. The topological polar surface area (TPSA) is 55.1 Å². The van der Waals surface area contributed by atoms with Crippen molar-refractivity contribution in [2.24, 2.45) is 11.7 Å². The first-order chi connectivity index (χ1) is 4.70. The minimum absolute atomic E-state index is 0.294. The molecule has 1 rings (SSSR count). The maximum absolute atomic E-state index is 10.4. The molecule has 1 saturated heterocycles. The van der Waals surface area contributed by atoms with Crippen LogP contribution in [0.5, 0.6) is 0 Å². The van der Waals surface area contributed by atoms with Gasteiger partial charge < -0.3 is 11.1 Å². The maximum atomic E-state index is 10.4. The minimum atomic E-state index is -0.403. The summed E-state index contributed by atoms with van der Waals surface area (Å²) in [5.41, 5.74) is 4.98. The summed E-state index contributed by atoms with van der Waals surface area (Å²) in [6.45, 7) is 2.13. The van der Waals surface area contributed by atoms with E-state index in [0.29, 0.717) is 12.0 Å². The number of nitrogens with two attached hydrogens (primary N) is 1. The van der Waals surface area contributed by atoms with Crippen LogP contribution >= 0.6 is 11.8 Å². The summed E-state index contributed by atoms with van der Waals surface area (Å²) in [6.07, 6.45) is 0. The molecule has 1 aliphatic rings. The molecule has 10 heavy (non-hydrogen) atoms. The van der Waals surface area contributed by atoms with Crippen LogP contribution in [0.4, 0.5) is 4.79 Å². The largest absolute Gasteiger partial charge is 0.352 e. The van der Waals surface area contributed by atoms with Gasteiger partial charge in [-0.05, 0) is 11.7 Å². The molecule has 2 amide bonds. The molecule has 0 spiro atoms. The highest BCUT2D eigenvalue weighted by Crippen LogP contribution is 2.22. The molecule has 1 fully saturated rings. The molecular weight excluding hydrogens is 148 g/mol. The fourth-order valence-electron chi connectivity index (χ4n) is 1.03. The van der Waals surface area contributed by atoms with Crippen molar-refractivity contribution in [1.29, 1.82) is 0 Å². The van der Waals surface area contributed by atoms with Crippen molar-refractivity contribution in [3.05, 3.63) is 0 Å². The Kier molecular flexibility index (Phi) is 2.43. The van der Waals surface area contributed by atoms with Gasteiger partial charge in [0.15, 0.2) is 0 Å². The quantitative estimate of drug-likeness (QED) is 0.583. The monoisotopic (exact) mass is 160 g/mol. The van der Waals surface area contributed by atoms with Crippen LogP contribution in [0.1, 0.15) is 6.92 Å². The zero-order valence-corrected chi connectivity index (χ0v) is 6.78. The number of carbonyl (C=O) groups is 1. The van der Waals surface area contributed by atoms with Gasteiger partial charge in [0.2, 0.25) is 0 Å². The van der Waals surface area contributed by atoms with Crippen LogP contribution in [0, 0.1) is 5.92 Å². The van der Waals surface area contributed by atoms with Crippen molar-refractivity contribution in [3.63, 3.8) is 0 Å². The van der Waals surface area contributed by atoms with Gasteiger partial charge in [0.05, 0.1) is 0 Å². The lowest BCUT2D eigenvalue weighted by atomic mass is 10.1. The maximum Gasteiger partial charge on any atom is 0.312 e. The normalized spacial score (nSPS) is 32.1. The van der Waals surface area contributed by atoms with Crippen LogP contribution < -0.4 is 11.1 Å². The lowest BCUT2D eigenvalue weighted by Gasteiger charge is -2.13. The lowest BCUT2D eigenvalue weighted by molar-refractivity contribution is 0.244. The fourth-order valence-corrected chi connectivity index (χ4v) is 2.43. The summed E-state index contributed by atoms with van der Waals surface area (Å²) in [5, 5.41) is 2.71. The highest BCUT2D eigenvalue weighted by molar-refractivity contribution is 7.99. The molecule has 58 valence electrons. The molecule has 2 unspecified atom stereocenters. The summed E-state index contributed by atoms with van der Waals surface area (Å²) in [4.78, 5) is 10.4. The van der Waals surface area contributed by atoms with Gasteiger partial charge in [-0.2, -0.15) is 11.8 Å². The summed E-state index contributed by atoms with van der Waals surface area (Å²) in [6, 6.07) is -0.109. The Bertz CT molecular complexity index is 140. The van der Waals surface area contributed by atoms with Crippen molar-refractivity contribution in [2.45, 2.75) is 13.0 Å². The van der Waals surface area contributed by atoms with Crippen molar-refractivity contribution in [2.75, 3.05) is 11.5 Å². The van der Waals surface area contributed by atoms with Crippen LogP contribution in [-0.2, 0) is 0 Å². The van der Waals surface area contributed by atoms with E-state index in [1.54, 1.807) is 0 Å². The van der Waals surface area contributed by atoms with Crippen LogP contribution in [0.15, 0.2) is 0 Å². The van der Waals surface area contributed by atoms with E-state index in [2.05, 4.69) is 12.2 Å². The van der Waals surface area contributed by atoms with E-state index >= 15 is 0 Å². The summed E-state index contributed by atoms with van der Waals surface area (Å²) >= 11 is 1.86. The number of hydrogen-bond donors (Lipinski definition) is 2. The number of carbonyl (C=O) groups excluding carboxylic acids is 1. The number of amides is 2. The molecule has 1 heterocycles. The second-order valence-electron chi connectivity index (χ2n) is 2.63. The first-order valence-corrected chi connectivity index (χ1v) is 4.49. The molecule has 4 heteroatoms. The predicted octanol–water partition coefficient (Wildman–Crippen LogP) is 0.406. The molecule has 3 N–H and O–H groups in total. The highest BCUT2D eigenvalue weighted by atomic mass is 32.2. The molecule has 1 aliphatic heterocycles. The van der Waals surface area contributed by atoms with Gasteiger partial charge in [0.25, 0.3) is 0 Å². The number of thioether (sulfide) groups is 1. The third-order valence-electron chi connectivity index (χ3n) is 1.69. The van der Waals surface area contributed by atoms with Crippen LogP contribution in [0.3, 0.4) is 0 Å². The summed E-state index contributed by atoms with van der Waals surface area (Å²) in [7, 11) is 0. The Balaban J connectivity index is 2.33. The number of primary amides is 1. The van der Waals surface area contributed by atoms with E-state index in [4.69, 9.17) is 5.73 Å². The van der Waals surface area contributed by atoms with Gasteiger partial charge in [-0.1, -0.05) is 6.92 Å². The molecule has 0 aromatic carbocycles. The molecule has 0 radical (unpaired) electrons. The third kappa shape index (κ3) is 1.80. The van der Waals surface area contributed by atoms with Gasteiger partial charge in [-0.25, -0.2) is 4.79 Å². The molecule has 2 atom stereocenters. The first-order valence-electron chi connectivity index (χ1n) is 3.34. The average molecular weight is 160 g/mol. The van der Waals surface area contributed by atoms with E-state index in [-0.39, 0.29) is 0 Å². The van der Waals surface area contributed by atoms with E-state index in [1.165, 1.54) is 0 Å². The zero-order valence-electron chi connectivity index (χ0n) is 5.96. The fraction of sp³-hybridized carbons (Fsp3) is 0.833. The molecule has 0 aromatic heterocycles. The third-order valence-corrected chi connectivity index (χ3v) is 3.05. The molecule has 0 bridgehead atoms. The Morgan fingerprint density at radius 1 is 1.70 bits per heavy atom. The van der Waals surface area contributed by atoms with E-state index in [1.807, 2.05) is 11.8 Å². The molecule has 0 aromatic rings. The Labute approximate surface area is 64.7 Å². The number of rotatable bonds is 1. The van der Waals surface area contributed by atoms with Gasteiger partial charge in [-0.15, -0.1) is 0 Å². The number of hydrogen-bond acceptors (Lipinski definition) is 2. The van der Waals surface area contributed by atoms with Gasteiger partial charge in [0, 0.05) is 11.8 Å². The van der Waals surface area contributed by atoms with E-state index in [0.717, 1.165) is 11.5 Å². The summed E-state index contributed by atoms with van der Waals surface area (Å²) < 4.78 is 0. The molecular formula is C6H12N2OS. The Morgan fingerprint density at radius 2 is 2.40 bits per heavy atom. The van der Waals surface area contributed by atoms with Crippen molar-refractivity contribution >= 4 is 17.8 Å². The minimum Gasteiger partial charge on any atom is -0.352 e. The van der Waals surface area contributed by atoms with Crippen LogP contribution in [0.2, 0.25) is 0 Å². The molecule has 3 nitrogen and oxygen atoms in total. The van der Waals surface area contributed by atoms with Crippen molar-refractivity contribution in [1.82, 2.24) is 5.32 Å². The first kappa shape index (κ1) is 7.72. The van der Waals surface area contributed by atoms with Crippen molar-refractivity contribution in [3.8, 4) is 0 Å². The second kappa shape index (κ2) is 3.14. The van der Waals surface area contributed by atoms with Gasteiger partial charge in [-0.3, -0.25) is 0 Å². The Hall–Kier alpha value is -0.380. The number of nitrogens with one attached hydrogen (secondary N) is 1. The standard InChI is InChI=1S/C6H12N2OS/c1-4-2-10-3-5(4)8-6(7)9/h4-5H,2-3H2,1H3,(H3,7,8,9).